The highest BCUT2D eigenvalue weighted by atomic mass is 79.9. The number of aryl methyl sites for hydroxylation is 3. The minimum absolute atomic E-state index is 0.0847. The average molecular weight is 447 g/mol. The van der Waals surface area contributed by atoms with Crippen molar-refractivity contribution in [3.05, 3.63) is 61.2 Å². The molecule has 5 nitrogen and oxygen atoms in total. The highest BCUT2D eigenvalue weighted by molar-refractivity contribution is 9.10. The van der Waals surface area contributed by atoms with E-state index in [2.05, 4.69) is 44.7 Å². The van der Waals surface area contributed by atoms with E-state index >= 15 is 0 Å². The number of hydrogen-bond donors (Lipinski definition) is 0. The number of fused-ring (bicyclic) bond motifs is 2. The third-order valence-corrected chi connectivity index (χ3v) is 6.72. The van der Waals surface area contributed by atoms with Crippen LogP contribution in [0, 0.1) is 20.8 Å². The third-order valence-electron chi connectivity index (χ3n) is 4.14. The van der Waals surface area contributed by atoms with Crippen LogP contribution in [-0.2, 0) is 5.75 Å². The molecule has 0 aliphatic rings. The van der Waals surface area contributed by atoms with Crippen molar-refractivity contribution in [2.24, 2.45) is 0 Å². The Bertz CT molecular complexity index is 1220. The van der Waals surface area contributed by atoms with Crippen LogP contribution in [0.1, 0.15) is 22.0 Å². The molecule has 4 heterocycles. The summed E-state index contributed by atoms with van der Waals surface area (Å²) >= 11 is 6.68. The maximum atomic E-state index is 12.4. The van der Waals surface area contributed by atoms with E-state index in [9.17, 15) is 4.79 Å². The summed E-state index contributed by atoms with van der Waals surface area (Å²) in [4.78, 5) is 28.4. The Balaban J connectivity index is 1.72. The second-order valence-corrected chi connectivity index (χ2v) is 9.07. The van der Waals surface area contributed by atoms with Gasteiger partial charge in [0.15, 0.2) is 0 Å². The first-order valence-electron chi connectivity index (χ1n) is 7.97. The lowest BCUT2D eigenvalue weighted by atomic mass is 10.2. The maximum absolute atomic E-state index is 12.4. The Kier molecular flexibility index (Phi) is 4.58. The van der Waals surface area contributed by atoms with Gasteiger partial charge in [-0.25, -0.2) is 15.0 Å². The molecule has 0 spiro atoms. The first-order chi connectivity index (χ1) is 12.4. The van der Waals surface area contributed by atoms with Crippen LogP contribution in [0.5, 0.6) is 0 Å². The molecule has 0 unspecified atom stereocenters. The van der Waals surface area contributed by atoms with Crippen LogP contribution in [0.2, 0.25) is 0 Å². The van der Waals surface area contributed by atoms with Crippen molar-refractivity contribution in [2.75, 3.05) is 0 Å². The zero-order chi connectivity index (χ0) is 18.4. The Morgan fingerprint density at radius 1 is 1.19 bits per heavy atom. The molecule has 4 aromatic rings. The molecular weight excluding hydrogens is 432 g/mol. The first kappa shape index (κ1) is 17.6. The van der Waals surface area contributed by atoms with Gasteiger partial charge in [0.05, 0.1) is 5.69 Å². The lowest BCUT2D eigenvalue weighted by Crippen LogP contribution is -2.15. The molecule has 0 saturated carbocycles. The highest BCUT2D eigenvalue weighted by Crippen LogP contribution is 2.35. The molecule has 0 N–H and O–H groups in total. The number of rotatable bonds is 3. The molecule has 0 amide bonds. The van der Waals surface area contributed by atoms with Crippen molar-refractivity contribution < 1.29 is 0 Å². The van der Waals surface area contributed by atoms with Crippen molar-refractivity contribution in [3.63, 3.8) is 0 Å². The van der Waals surface area contributed by atoms with E-state index in [-0.39, 0.29) is 5.56 Å². The van der Waals surface area contributed by atoms with E-state index in [0.717, 1.165) is 31.2 Å². The molecule has 0 aromatic carbocycles. The Morgan fingerprint density at radius 3 is 2.81 bits per heavy atom. The zero-order valence-corrected chi connectivity index (χ0v) is 17.6. The summed E-state index contributed by atoms with van der Waals surface area (Å²) in [5.74, 6) is 1.35. The molecule has 0 fully saturated rings. The van der Waals surface area contributed by atoms with Gasteiger partial charge in [-0.2, -0.15) is 0 Å². The quantitative estimate of drug-likeness (QED) is 0.337. The van der Waals surface area contributed by atoms with E-state index < -0.39 is 0 Å². The molecule has 4 aromatic heterocycles. The minimum Gasteiger partial charge on any atom is -0.269 e. The summed E-state index contributed by atoms with van der Waals surface area (Å²) in [7, 11) is 0. The van der Waals surface area contributed by atoms with Crippen molar-refractivity contribution in [1.82, 2.24) is 19.4 Å². The molecule has 0 aliphatic carbocycles. The summed E-state index contributed by atoms with van der Waals surface area (Å²) in [6.45, 7) is 6.12. The molecule has 0 aliphatic heterocycles. The van der Waals surface area contributed by atoms with Gasteiger partial charge >= 0.3 is 0 Å². The van der Waals surface area contributed by atoms with E-state index in [1.54, 1.807) is 35.4 Å². The fourth-order valence-corrected chi connectivity index (χ4v) is 5.26. The van der Waals surface area contributed by atoms with Crippen LogP contribution in [0.3, 0.4) is 0 Å². The van der Waals surface area contributed by atoms with Crippen LogP contribution in [0.15, 0.2) is 38.7 Å². The number of nitrogens with zero attached hydrogens (tertiary/aromatic N) is 4. The predicted octanol–water partition coefficient (Wildman–Crippen LogP) is 4.68. The van der Waals surface area contributed by atoms with E-state index in [0.29, 0.717) is 11.4 Å². The summed E-state index contributed by atoms with van der Waals surface area (Å²) in [6, 6.07) is 5.30. The third kappa shape index (κ3) is 3.17. The van der Waals surface area contributed by atoms with Gasteiger partial charge in [0.2, 0.25) is 0 Å². The Hall–Kier alpha value is -1.77. The summed E-state index contributed by atoms with van der Waals surface area (Å²) in [6.07, 6.45) is 1.73. The normalized spacial score (nSPS) is 11.5. The topological polar surface area (TPSA) is 60.2 Å². The molecule has 132 valence electrons. The van der Waals surface area contributed by atoms with E-state index in [1.807, 2.05) is 19.1 Å². The first-order valence-corrected chi connectivity index (χ1v) is 10.6. The highest BCUT2D eigenvalue weighted by Gasteiger charge is 2.14. The predicted molar refractivity (Wildman–Crippen MR) is 110 cm³/mol. The number of aromatic nitrogens is 4. The van der Waals surface area contributed by atoms with Gasteiger partial charge in [0.1, 0.15) is 21.3 Å². The van der Waals surface area contributed by atoms with Gasteiger partial charge < -0.3 is 0 Å². The van der Waals surface area contributed by atoms with E-state index in [4.69, 9.17) is 0 Å². The lowest BCUT2D eigenvalue weighted by molar-refractivity contribution is 0.997. The number of thiophene rings is 1. The fourth-order valence-electron chi connectivity index (χ4n) is 2.76. The van der Waals surface area contributed by atoms with Crippen LogP contribution in [-0.4, -0.2) is 19.4 Å². The van der Waals surface area contributed by atoms with Crippen molar-refractivity contribution in [1.29, 1.82) is 0 Å². The standard InChI is InChI=1S/C18H15BrN4OS2/c1-9-10(2)26-18-16(9)17(20-11(3)21-18)25-8-13-6-15(24)23-7-12(19)4-5-14(23)22-13/h4-7H,8H2,1-3H3. The number of halogens is 1. The zero-order valence-electron chi connectivity index (χ0n) is 14.4. The lowest BCUT2D eigenvalue weighted by Gasteiger charge is -2.06. The van der Waals surface area contributed by atoms with Crippen molar-refractivity contribution in [2.45, 2.75) is 31.6 Å². The van der Waals surface area contributed by atoms with Crippen molar-refractivity contribution >= 4 is 54.9 Å². The summed E-state index contributed by atoms with van der Waals surface area (Å²) < 4.78 is 2.38. The molecule has 8 heteroatoms. The van der Waals surface area contributed by atoms with Gasteiger partial charge in [0, 0.05) is 32.8 Å². The number of hydrogen-bond acceptors (Lipinski definition) is 6. The molecular formula is C18H15BrN4OS2. The van der Waals surface area contributed by atoms with Crippen LogP contribution in [0.4, 0.5) is 0 Å². The average Bonchev–Trinajstić information content (AvgIpc) is 2.87. The van der Waals surface area contributed by atoms with Crippen LogP contribution in [0.25, 0.3) is 15.9 Å². The number of thioether (sulfide) groups is 1. The Labute approximate surface area is 166 Å². The molecule has 0 atom stereocenters. The second-order valence-electron chi connectivity index (χ2n) is 5.99. The van der Waals surface area contributed by atoms with Crippen LogP contribution >= 0.6 is 39.0 Å². The molecule has 4 rings (SSSR count). The van der Waals surface area contributed by atoms with Gasteiger partial charge in [-0.05, 0) is 54.4 Å². The molecule has 0 bridgehead atoms. The molecule has 0 saturated heterocycles. The summed E-state index contributed by atoms with van der Waals surface area (Å²) in [5, 5.41) is 2.07. The van der Waals surface area contributed by atoms with Crippen LogP contribution < -0.4 is 5.56 Å². The molecule has 26 heavy (non-hydrogen) atoms. The largest absolute Gasteiger partial charge is 0.269 e. The second kappa shape index (κ2) is 6.75. The van der Waals surface area contributed by atoms with Crippen molar-refractivity contribution in [3.8, 4) is 0 Å². The van der Waals surface area contributed by atoms with Gasteiger partial charge in [-0.1, -0.05) is 11.8 Å². The summed E-state index contributed by atoms with van der Waals surface area (Å²) in [5.41, 5.74) is 2.53. The van der Waals surface area contributed by atoms with Gasteiger partial charge in [-0.15, -0.1) is 11.3 Å². The smallest absolute Gasteiger partial charge is 0.258 e. The minimum atomic E-state index is -0.0847. The van der Waals surface area contributed by atoms with E-state index in [1.165, 1.54) is 14.8 Å². The van der Waals surface area contributed by atoms with Gasteiger partial charge in [-0.3, -0.25) is 9.20 Å². The molecule has 0 radical (unpaired) electrons. The SMILES string of the molecule is Cc1nc(SCc2cc(=O)n3cc(Br)ccc3n2)c2c(C)c(C)sc2n1. The monoisotopic (exact) mass is 446 g/mol. The number of pyridine rings is 1. The maximum Gasteiger partial charge on any atom is 0.258 e. The fraction of sp³-hybridized carbons (Fsp3) is 0.222. The van der Waals surface area contributed by atoms with Gasteiger partial charge in [0.25, 0.3) is 5.56 Å². The Morgan fingerprint density at radius 2 is 2.00 bits per heavy atom.